The van der Waals surface area contributed by atoms with E-state index < -0.39 is 0 Å². The van der Waals surface area contributed by atoms with Crippen LogP contribution in [0.25, 0.3) is 0 Å². The van der Waals surface area contributed by atoms with Crippen LogP contribution in [0.15, 0.2) is 53.0 Å². The van der Waals surface area contributed by atoms with Crippen molar-refractivity contribution in [3.05, 3.63) is 69.7 Å². The van der Waals surface area contributed by atoms with Gasteiger partial charge in [0.2, 0.25) is 0 Å². The molecule has 0 saturated heterocycles. The van der Waals surface area contributed by atoms with Gasteiger partial charge in [-0.15, -0.1) is 0 Å². The lowest BCUT2D eigenvalue weighted by molar-refractivity contribution is -0.142. The highest BCUT2D eigenvalue weighted by atomic mass is 79.9. The molecule has 0 amide bonds. The van der Waals surface area contributed by atoms with Crippen molar-refractivity contribution in [2.75, 3.05) is 7.11 Å². The molecule has 0 unspecified atom stereocenters. The molecule has 0 fully saturated rings. The quantitative estimate of drug-likeness (QED) is 0.744. The molecule has 0 spiro atoms. The Kier molecular flexibility index (Phi) is 5.57. The Balaban J connectivity index is 2.23. The van der Waals surface area contributed by atoms with Crippen LogP contribution in [0.3, 0.4) is 0 Å². The normalized spacial score (nSPS) is 12.0. The molecule has 0 aliphatic heterocycles. The van der Waals surface area contributed by atoms with E-state index >= 15 is 0 Å². The van der Waals surface area contributed by atoms with Crippen molar-refractivity contribution in [1.82, 2.24) is 0 Å². The van der Waals surface area contributed by atoms with E-state index in [0.717, 1.165) is 22.0 Å². The molecule has 0 bridgehead atoms. The van der Waals surface area contributed by atoms with Crippen LogP contribution in [0.4, 0.5) is 0 Å². The van der Waals surface area contributed by atoms with E-state index in [2.05, 4.69) is 47.1 Å². The first kappa shape index (κ1) is 15.8. The number of esters is 1. The summed E-state index contributed by atoms with van der Waals surface area (Å²) in [7, 11) is 1.44. The van der Waals surface area contributed by atoms with Gasteiger partial charge in [0.15, 0.2) is 0 Å². The lowest BCUT2D eigenvalue weighted by Gasteiger charge is -2.15. The van der Waals surface area contributed by atoms with E-state index in [-0.39, 0.29) is 11.9 Å². The van der Waals surface area contributed by atoms with Gasteiger partial charge in [-0.2, -0.15) is 0 Å². The Morgan fingerprint density at radius 3 is 2.14 bits per heavy atom. The number of hydrogen-bond donors (Lipinski definition) is 0. The van der Waals surface area contributed by atoms with Gasteiger partial charge in [-0.05, 0) is 41.7 Å². The molecule has 0 aliphatic rings. The minimum absolute atomic E-state index is 0.197. The lowest BCUT2D eigenvalue weighted by Crippen LogP contribution is -2.16. The molecule has 21 heavy (non-hydrogen) atoms. The first-order valence-electron chi connectivity index (χ1n) is 7.05. The second-order valence-electron chi connectivity index (χ2n) is 5.00. The third-order valence-corrected chi connectivity index (χ3v) is 4.16. The van der Waals surface area contributed by atoms with Crippen LogP contribution in [-0.2, 0) is 22.4 Å². The fourth-order valence-corrected chi connectivity index (χ4v) is 2.59. The second-order valence-corrected chi connectivity index (χ2v) is 5.92. The maximum atomic E-state index is 12.1. The zero-order chi connectivity index (χ0) is 15.2. The maximum Gasteiger partial charge on any atom is 0.313 e. The smallest absolute Gasteiger partial charge is 0.313 e. The number of benzene rings is 2. The van der Waals surface area contributed by atoms with Gasteiger partial charge in [-0.3, -0.25) is 4.79 Å². The summed E-state index contributed by atoms with van der Waals surface area (Å²) in [4.78, 5) is 12.1. The minimum Gasteiger partial charge on any atom is -0.469 e. The van der Waals surface area contributed by atoms with Crippen molar-refractivity contribution >= 4 is 21.9 Å². The number of halogens is 1. The van der Waals surface area contributed by atoms with Crippen molar-refractivity contribution in [2.24, 2.45) is 0 Å². The van der Waals surface area contributed by atoms with Gasteiger partial charge in [-0.1, -0.05) is 59.3 Å². The molecule has 0 N–H and O–H groups in total. The van der Waals surface area contributed by atoms with Gasteiger partial charge in [-0.25, -0.2) is 0 Å². The molecule has 0 aliphatic carbocycles. The fourth-order valence-electron chi connectivity index (χ4n) is 2.32. The summed E-state index contributed by atoms with van der Waals surface area (Å²) in [6.07, 6.45) is 1.67. The van der Waals surface area contributed by atoms with Gasteiger partial charge in [0.1, 0.15) is 0 Å². The summed E-state index contributed by atoms with van der Waals surface area (Å²) < 4.78 is 5.97. The molecule has 0 aromatic heterocycles. The molecule has 0 saturated carbocycles. The van der Waals surface area contributed by atoms with Crippen molar-refractivity contribution in [3.8, 4) is 0 Å². The lowest BCUT2D eigenvalue weighted by atomic mass is 9.91. The topological polar surface area (TPSA) is 26.3 Å². The third kappa shape index (κ3) is 4.18. The zero-order valence-electron chi connectivity index (χ0n) is 12.3. The number of rotatable bonds is 5. The van der Waals surface area contributed by atoms with Crippen molar-refractivity contribution in [3.63, 3.8) is 0 Å². The van der Waals surface area contributed by atoms with Crippen LogP contribution >= 0.6 is 15.9 Å². The van der Waals surface area contributed by atoms with Crippen molar-refractivity contribution < 1.29 is 9.53 Å². The van der Waals surface area contributed by atoms with Crippen LogP contribution in [0.2, 0.25) is 0 Å². The largest absolute Gasteiger partial charge is 0.469 e. The average Bonchev–Trinajstić information content (AvgIpc) is 2.53. The summed E-state index contributed by atoms with van der Waals surface area (Å²) in [5.41, 5.74) is 3.42. The number of ether oxygens (including phenoxy) is 1. The molecule has 2 rings (SSSR count). The first-order chi connectivity index (χ1) is 10.1. The number of hydrogen-bond acceptors (Lipinski definition) is 2. The first-order valence-corrected chi connectivity index (χ1v) is 7.84. The summed E-state index contributed by atoms with van der Waals surface area (Å²) in [5, 5.41) is 0. The van der Waals surface area contributed by atoms with Gasteiger partial charge in [0.25, 0.3) is 0 Å². The van der Waals surface area contributed by atoms with Crippen LogP contribution in [0, 0.1) is 0 Å². The number of carbonyl (C=O) groups is 1. The highest BCUT2D eigenvalue weighted by molar-refractivity contribution is 9.10. The van der Waals surface area contributed by atoms with Crippen LogP contribution < -0.4 is 0 Å². The van der Waals surface area contributed by atoms with Gasteiger partial charge >= 0.3 is 5.97 Å². The Hall–Kier alpha value is -1.61. The Labute approximate surface area is 134 Å². The molecule has 110 valence electrons. The van der Waals surface area contributed by atoms with E-state index in [1.807, 2.05) is 24.3 Å². The maximum absolute atomic E-state index is 12.1. The average molecular weight is 347 g/mol. The molecule has 0 heterocycles. The SMILES string of the molecule is CCc1ccc(C[C@H](C(=O)OC)c2ccc(Br)cc2)cc1. The zero-order valence-corrected chi connectivity index (χ0v) is 13.9. The highest BCUT2D eigenvalue weighted by Crippen LogP contribution is 2.24. The molecule has 1 atom stereocenters. The van der Waals surface area contributed by atoms with Crippen LogP contribution in [0.5, 0.6) is 0 Å². The second kappa shape index (κ2) is 7.41. The van der Waals surface area contributed by atoms with E-state index in [9.17, 15) is 4.79 Å². The predicted octanol–water partition coefficient (Wildman–Crippen LogP) is 4.51. The molecule has 2 aromatic rings. The van der Waals surface area contributed by atoms with Crippen LogP contribution in [-0.4, -0.2) is 13.1 Å². The Morgan fingerprint density at radius 1 is 1.05 bits per heavy atom. The molecule has 3 heteroatoms. The number of methoxy groups -OCH3 is 1. The molecule has 0 radical (unpaired) electrons. The van der Waals surface area contributed by atoms with Crippen molar-refractivity contribution in [1.29, 1.82) is 0 Å². The molecular weight excluding hydrogens is 328 g/mol. The standard InChI is InChI=1S/C18H19BrO2/c1-3-13-4-6-14(7-5-13)12-17(18(20)21-2)15-8-10-16(19)11-9-15/h4-11,17H,3,12H2,1-2H3/t17-/m0/s1. The third-order valence-electron chi connectivity index (χ3n) is 3.63. The predicted molar refractivity (Wildman–Crippen MR) is 88.4 cm³/mol. The summed E-state index contributed by atoms with van der Waals surface area (Å²) >= 11 is 3.42. The van der Waals surface area contributed by atoms with Crippen LogP contribution in [0.1, 0.15) is 29.5 Å². The Morgan fingerprint density at radius 2 is 1.62 bits per heavy atom. The molecule has 2 nitrogen and oxygen atoms in total. The number of carbonyl (C=O) groups excluding carboxylic acids is 1. The summed E-state index contributed by atoms with van der Waals surface area (Å²) in [6, 6.07) is 16.2. The van der Waals surface area contributed by atoms with Crippen molar-refractivity contribution in [2.45, 2.75) is 25.7 Å². The Bertz CT molecular complexity index is 588. The molecular formula is C18H19BrO2. The fraction of sp³-hybridized carbons (Fsp3) is 0.278. The monoisotopic (exact) mass is 346 g/mol. The number of aryl methyl sites for hydroxylation is 1. The van der Waals surface area contributed by atoms with E-state index in [1.165, 1.54) is 12.7 Å². The highest BCUT2D eigenvalue weighted by Gasteiger charge is 2.21. The van der Waals surface area contributed by atoms with Gasteiger partial charge < -0.3 is 4.74 Å². The van der Waals surface area contributed by atoms with E-state index in [4.69, 9.17) is 4.74 Å². The summed E-state index contributed by atoms with van der Waals surface area (Å²) in [5.74, 6) is -0.465. The van der Waals surface area contributed by atoms with Gasteiger partial charge in [0, 0.05) is 4.47 Å². The minimum atomic E-state index is -0.268. The summed E-state index contributed by atoms with van der Waals surface area (Å²) in [6.45, 7) is 2.13. The van der Waals surface area contributed by atoms with E-state index in [0.29, 0.717) is 6.42 Å². The van der Waals surface area contributed by atoms with Gasteiger partial charge in [0.05, 0.1) is 13.0 Å². The van der Waals surface area contributed by atoms with E-state index in [1.54, 1.807) is 0 Å². The molecule has 2 aromatic carbocycles.